The number of amides is 1. The standard InChI is InChI=1S/C15H17N3OS/c1-18(12-7-8-16-9-12)15(19)13-10-20-14(17-13)11-5-3-2-4-6-11/h2-6,10,12,16H,7-9H2,1H3. The van der Waals surface area contributed by atoms with Gasteiger partial charge in [0.15, 0.2) is 0 Å². The second-order valence-electron chi connectivity index (χ2n) is 4.97. The number of carbonyl (C=O) groups excluding carboxylic acids is 1. The van der Waals surface area contributed by atoms with Crippen molar-refractivity contribution in [3.8, 4) is 10.6 Å². The summed E-state index contributed by atoms with van der Waals surface area (Å²) in [5.41, 5.74) is 1.60. The van der Waals surface area contributed by atoms with Crippen LogP contribution >= 0.6 is 11.3 Å². The van der Waals surface area contributed by atoms with Crippen LogP contribution in [0.3, 0.4) is 0 Å². The molecule has 0 radical (unpaired) electrons. The predicted octanol–water partition coefficient (Wildman–Crippen LogP) is 2.24. The van der Waals surface area contributed by atoms with E-state index in [-0.39, 0.29) is 11.9 Å². The minimum Gasteiger partial charge on any atom is -0.336 e. The van der Waals surface area contributed by atoms with Crippen LogP contribution in [0.5, 0.6) is 0 Å². The smallest absolute Gasteiger partial charge is 0.273 e. The van der Waals surface area contributed by atoms with Gasteiger partial charge in [0.2, 0.25) is 0 Å². The fourth-order valence-corrected chi connectivity index (χ4v) is 3.20. The van der Waals surface area contributed by atoms with E-state index in [0.29, 0.717) is 5.69 Å². The van der Waals surface area contributed by atoms with Gasteiger partial charge in [0.1, 0.15) is 10.7 Å². The maximum atomic E-state index is 12.4. The Kier molecular flexibility index (Phi) is 3.80. The summed E-state index contributed by atoms with van der Waals surface area (Å²) in [4.78, 5) is 18.7. The van der Waals surface area contributed by atoms with Gasteiger partial charge in [-0.2, -0.15) is 0 Å². The molecule has 1 aliphatic rings. The Hall–Kier alpha value is -1.72. The summed E-state index contributed by atoms with van der Waals surface area (Å²) in [5.74, 6) is 0.0112. The molecule has 1 saturated heterocycles. The maximum absolute atomic E-state index is 12.4. The number of nitrogens with one attached hydrogen (secondary N) is 1. The summed E-state index contributed by atoms with van der Waals surface area (Å²) in [6.07, 6.45) is 1.01. The molecule has 1 aliphatic heterocycles. The first kappa shape index (κ1) is 13.3. The molecule has 104 valence electrons. The van der Waals surface area contributed by atoms with E-state index in [2.05, 4.69) is 10.3 Å². The lowest BCUT2D eigenvalue weighted by Crippen LogP contribution is -2.38. The Bertz CT molecular complexity index is 590. The summed E-state index contributed by atoms with van der Waals surface area (Å²) in [5, 5.41) is 6.02. The van der Waals surface area contributed by atoms with E-state index >= 15 is 0 Å². The molecule has 3 rings (SSSR count). The molecule has 20 heavy (non-hydrogen) atoms. The molecule has 0 bridgehead atoms. The Balaban J connectivity index is 1.78. The third-order valence-corrected chi connectivity index (χ3v) is 4.54. The van der Waals surface area contributed by atoms with Crippen LogP contribution in [0.15, 0.2) is 35.7 Å². The van der Waals surface area contributed by atoms with Gasteiger partial charge in [-0.3, -0.25) is 4.79 Å². The summed E-state index contributed by atoms with van der Waals surface area (Å²) < 4.78 is 0. The number of hydrogen-bond donors (Lipinski definition) is 1. The number of aromatic nitrogens is 1. The number of nitrogens with zero attached hydrogens (tertiary/aromatic N) is 2. The molecule has 5 heteroatoms. The highest BCUT2D eigenvalue weighted by molar-refractivity contribution is 7.13. The highest BCUT2D eigenvalue weighted by atomic mass is 32.1. The van der Waals surface area contributed by atoms with E-state index in [1.807, 2.05) is 47.7 Å². The van der Waals surface area contributed by atoms with Gasteiger partial charge in [-0.1, -0.05) is 30.3 Å². The van der Waals surface area contributed by atoms with Crippen molar-refractivity contribution < 1.29 is 4.79 Å². The minimum absolute atomic E-state index is 0.0112. The summed E-state index contributed by atoms with van der Waals surface area (Å²) >= 11 is 1.52. The normalized spacial score (nSPS) is 18.1. The fourth-order valence-electron chi connectivity index (χ4n) is 2.40. The Morgan fingerprint density at radius 3 is 2.90 bits per heavy atom. The van der Waals surface area contributed by atoms with Gasteiger partial charge in [-0.05, 0) is 13.0 Å². The molecule has 0 aliphatic carbocycles. The minimum atomic E-state index is 0.0112. The number of rotatable bonds is 3. The average Bonchev–Trinajstić information content (AvgIpc) is 3.18. The second kappa shape index (κ2) is 5.73. The van der Waals surface area contributed by atoms with Crippen LogP contribution in [0.2, 0.25) is 0 Å². The van der Waals surface area contributed by atoms with E-state index in [0.717, 1.165) is 30.1 Å². The molecule has 0 spiro atoms. The van der Waals surface area contributed by atoms with Crippen molar-refractivity contribution in [1.82, 2.24) is 15.2 Å². The van der Waals surface area contributed by atoms with E-state index < -0.39 is 0 Å². The van der Waals surface area contributed by atoms with Crippen molar-refractivity contribution in [1.29, 1.82) is 0 Å². The molecular weight excluding hydrogens is 270 g/mol. The van der Waals surface area contributed by atoms with E-state index in [1.165, 1.54) is 11.3 Å². The SMILES string of the molecule is CN(C(=O)c1csc(-c2ccccc2)n1)C1CCNC1. The first-order chi connectivity index (χ1) is 9.75. The Morgan fingerprint density at radius 2 is 2.20 bits per heavy atom. The van der Waals surface area contributed by atoms with Gasteiger partial charge >= 0.3 is 0 Å². The molecule has 0 saturated carbocycles. The van der Waals surface area contributed by atoms with Gasteiger partial charge in [-0.15, -0.1) is 11.3 Å². The average molecular weight is 287 g/mol. The molecule has 1 aromatic carbocycles. The lowest BCUT2D eigenvalue weighted by atomic mass is 10.2. The topological polar surface area (TPSA) is 45.2 Å². The molecule has 1 fully saturated rings. The first-order valence-corrected chi connectivity index (χ1v) is 7.62. The fraction of sp³-hybridized carbons (Fsp3) is 0.333. The lowest BCUT2D eigenvalue weighted by molar-refractivity contribution is 0.0739. The molecule has 1 amide bonds. The lowest BCUT2D eigenvalue weighted by Gasteiger charge is -2.22. The second-order valence-corrected chi connectivity index (χ2v) is 5.82. The highest BCUT2D eigenvalue weighted by Crippen LogP contribution is 2.24. The van der Waals surface area contributed by atoms with Gasteiger partial charge in [-0.25, -0.2) is 4.98 Å². The number of hydrogen-bond acceptors (Lipinski definition) is 4. The number of carbonyl (C=O) groups is 1. The highest BCUT2D eigenvalue weighted by Gasteiger charge is 2.25. The van der Waals surface area contributed by atoms with Crippen LogP contribution < -0.4 is 5.32 Å². The van der Waals surface area contributed by atoms with Crippen LogP contribution in [-0.2, 0) is 0 Å². The van der Waals surface area contributed by atoms with Crippen molar-refractivity contribution >= 4 is 17.2 Å². The maximum Gasteiger partial charge on any atom is 0.273 e. The molecule has 1 N–H and O–H groups in total. The third-order valence-electron chi connectivity index (χ3n) is 3.65. The molecular formula is C15H17N3OS. The predicted molar refractivity (Wildman–Crippen MR) is 80.9 cm³/mol. The van der Waals surface area contributed by atoms with E-state index in [9.17, 15) is 4.79 Å². The number of thiazole rings is 1. The van der Waals surface area contributed by atoms with Crippen LogP contribution in [0, 0.1) is 0 Å². The number of likely N-dealkylation sites (N-methyl/N-ethyl adjacent to an activating group) is 1. The van der Waals surface area contributed by atoms with Crippen LogP contribution in [0.1, 0.15) is 16.9 Å². The first-order valence-electron chi connectivity index (χ1n) is 6.74. The van der Waals surface area contributed by atoms with Crippen molar-refractivity contribution in [2.45, 2.75) is 12.5 Å². The monoisotopic (exact) mass is 287 g/mol. The largest absolute Gasteiger partial charge is 0.336 e. The van der Waals surface area contributed by atoms with Gasteiger partial charge in [0.25, 0.3) is 5.91 Å². The number of benzene rings is 1. The van der Waals surface area contributed by atoms with Crippen molar-refractivity contribution in [2.75, 3.05) is 20.1 Å². The molecule has 1 atom stereocenters. The van der Waals surface area contributed by atoms with E-state index in [1.54, 1.807) is 0 Å². The zero-order chi connectivity index (χ0) is 13.9. The van der Waals surface area contributed by atoms with Gasteiger partial charge in [0.05, 0.1) is 0 Å². The van der Waals surface area contributed by atoms with Crippen LogP contribution in [0.25, 0.3) is 10.6 Å². The van der Waals surface area contributed by atoms with Gasteiger partial charge in [0, 0.05) is 30.6 Å². The summed E-state index contributed by atoms with van der Waals surface area (Å²) in [7, 11) is 1.86. The summed E-state index contributed by atoms with van der Waals surface area (Å²) in [6.45, 7) is 1.85. The quantitative estimate of drug-likeness (QED) is 0.941. The van der Waals surface area contributed by atoms with Crippen molar-refractivity contribution in [3.05, 3.63) is 41.4 Å². The van der Waals surface area contributed by atoms with Crippen LogP contribution in [0.4, 0.5) is 0 Å². The molecule has 1 aromatic heterocycles. The Labute approximate surface area is 122 Å². The molecule has 4 nitrogen and oxygen atoms in total. The zero-order valence-corrected chi connectivity index (χ0v) is 12.2. The molecule has 2 heterocycles. The van der Waals surface area contributed by atoms with Gasteiger partial charge < -0.3 is 10.2 Å². The molecule has 2 aromatic rings. The third kappa shape index (κ3) is 2.59. The van der Waals surface area contributed by atoms with Crippen LogP contribution in [-0.4, -0.2) is 42.0 Å². The van der Waals surface area contributed by atoms with Crippen molar-refractivity contribution in [3.63, 3.8) is 0 Å². The van der Waals surface area contributed by atoms with Crippen molar-refractivity contribution in [2.24, 2.45) is 0 Å². The van der Waals surface area contributed by atoms with E-state index in [4.69, 9.17) is 0 Å². The Morgan fingerprint density at radius 1 is 1.40 bits per heavy atom. The zero-order valence-electron chi connectivity index (χ0n) is 11.4. The molecule has 1 unspecified atom stereocenters. The summed E-state index contributed by atoms with van der Waals surface area (Å²) in [6, 6.07) is 10.2.